The number of ether oxygens (including phenoxy) is 1. The number of hydrogen-bond acceptors (Lipinski definition) is 4. The number of aryl methyl sites for hydroxylation is 1. The molecule has 1 aromatic heterocycles. The van der Waals surface area contributed by atoms with Crippen LogP contribution in [0.3, 0.4) is 0 Å². The van der Waals surface area contributed by atoms with Crippen LogP contribution in [-0.2, 0) is 17.8 Å². The van der Waals surface area contributed by atoms with E-state index in [2.05, 4.69) is 22.1 Å². The van der Waals surface area contributed by atoms with Crippen LogP contribution in [-0.4, -0.2) is 22.9 Å². The fourth-order valence-corrected chi connectivity index (χ4v) is 1.72. The number of esters is 1. The topological polar surface area (TPSA) is 56.2 Å². The molecule has 0 aliphatic carbocycles. The molecule has 5 heteroatoms. The van der Waals surface area contributed by atoms with Crippen molar-refractivity contribution in [1.82, 2.24) is 9.78 Å². The second-order valence-electron chi connectivity index (χ2n) is 4.13. The molecule has 0 spiro atoms. The molecule has 1 aromatic carbocycles. The molecule has 0 bridgehead atoms. The van der Waals surface area contributed by atoms with Gasteiger partial charge in [-0.1, -0.05) is 0 Å². The van der Waals surface area contributed by atoms with Gasteiger partial charge in [0, 0.05) is 30.5 Å². The van der Waals surface area contributed by atoms with Crippen molar-refractivity contribution in [2.24, 2.45) is 0 Å². The van der Waals surface area contributed by atoms with Crippen LogP contribution < -0.4 is 5.32 Å². The van der Waals surface area contributed by atoms with E-state index >= 15 is 0 Å². The Morgan fingerprint density at radius 2 is 2.11 bits per heavy atom. The molecular formula is C14H17N3O2. The highest BCUT2D eigenvalue weighted by molar-refractivity contribution is 5.89. The Hall–Kier alpha value is -2.30. The summed E-state index contributed by atoms with van der Waals surface area (Å²) in [5, 5.41) is 7.49. The number of rotatable bonds is 5. The van der Waals surface area contributed by atoms with Gasteiger partial charge >= 0.3 is 5.97 Å². The molecule has 2 rings (SSSR count). The Balaban J connectivity index is 1.94. The van der Waals surface area contributed by atoms with E-state index in [1.54, 1.807) is 12.1 Å². The summed E-state index contributed by atoms with van der Waals surface area (Å²) in [5.74, 6) is -0.323. The first-order valence-electron chi connectivity index (χ1n) is 6.16. The Morgan fingerprint density at radius 1 is 1.37 bits per heavy atom. The van der Waals surface area contributed by atoms with E-state index < -0.39 is 0 Å². The van der Waals surface area contributed by atoms with Gasteiger partial charge in [-0.3, -0.25) is 4.68 Å². The molecule has 0 aliphatic rings. The zero-order chi connectivity index (χ0) is 13.7. The minimum atomic E-state index is -0.323. The average molecular weight is 259 g/mol. The minimum Gasteiger partial charge on any atom is -0.465 e. The predicted octanol–water partition coefficient (Wildman–Crippen LogP) is 2.30. The summed E-state index contributed by atoms with van der Waals surface area (Å²) in [4.78, 5) is 11.3. The van der Waals surface area contributed by atoms with Crippen LogP contribution >= 0.6 is 0 Å². The number of nitrogens with zero attached hydrogens (tertiary/aromatic N) is 2. The first-order chi connectivity index (χ1) is 9.22. The fourth-order valence-electron chi connectivity index (χ4n) is 1.72. The van der Waals surface area contributed by atoms with E-state index in [1.807, 2.05) is 29.2 Å². The molecule has 1 heterocycles. The SMILES string of the molecule is CCn1cc(CNc2ccc(C(=O)OC)cc2)cn1. The van der Waals surface area contributed by atoms with Crippen LogP contribution in [0.2, 0.25) is 0 Å². The van der Waals surface area contributed by atoms with E-state index in [-0.39, 0.29) is 5.97 Å². The zero-order valence-corrected chi connectivity index (χ0v) is 11.1. The van der Waals surface area contributed by atoms with Gasteiger partial charge in [-0.2, -0.15) is 5.10 Å². The number of nitrogens with one attached hydrogen (secondary N) is 1. The maximum absolute atomic E-state index is 11.3. The van der Waals surface area contributed by atoms with Gasteiger partial charge in [-0.05, 0) is 31.2 Å². The quantitative estimate of drug-likeness (QED) is 0.837. The fraction of sp³-hybridized carbons (Fsp3) is 0.286. The van der Waals surface area contributed by atoms with Gasteiger partial charge in [0.15, 0.2) is 0 Å². The summed E-state index contributed by atoms with van der Waals surface area (Å²) >= 11 is 0. The average Bonchev–Trinajstić information content (AvgIpc) is 2.93. The Kier molecular flexibility index (Phi) is 4.18. The smallest absolute Gasteiger partial charge is 0.337 e. The molecule has 5 nitrogen and oxygen atoms in total. The molecule has 0 atom stereocenters. The summed E-state index contributed by atoms with van der Waals surface area (Å²) in [6, 6.07) is 7.19. The van der Waals surface area contributed by atoms with Crippen molar-refractivity contribution in [3.8, 4) is 0 Å². The third kappa shape index (κ3) is 3.34. The summed E-state index contributed by atoms with van der Waals surface area (Å²) in [7, 11) is 1.37. The highest BCUT2D eigenvalue weighted by Crippen LogP contribution is 2.11. The summed E-state index contributed by atoms with van der Waals surface area (Å²) in [5.41, 5.74) is 2.63. The molecule has 1 N–H and O–H groups in total. The van der Waals surface area contributed by atoms with Crippen molar-refractivity contribution in [3.63, 3.8) is 0 Å². The number of methoxy groups -OCH3 is 1. The normalized spacial score (nSPS) is 10.2. The molecule has 0 unspecified atom stereocenters. The number of carbonyl (C=O) groups is 1. The Labute approximate surface area is 112 Å². The van der Waals surface area contributed by atoms with Gasteiger partial charge < -0.3 is 10.1 Å². The van der Waals surface area contributed by atoms with E-state index in [0.29, 0.717) is 12.1 Å². The first kappa shape index (κ1) is 13.1. The zero-order valence-electron chi connectivity index (χ0n) is 11.1. The van der Waals surface area contributed by atoms with E-state index in [1.165, 1.54) is 7.11 Å². The molecule has 0 saturated heterocycles. The standard InChI is InChI=1S/C14H17N3O2/c1-3-17-10-11(9-16-17)8-15-13-6-4-12(5-7-13)14(18)19-2/h4-7,9-10,15H,3,8H2,1-2H3. The number of benzene rings is 1. The van der Waals surface area contributed by atoms with Crippen LogP contribution in [0.5, 0.6) is 0 Å². The maximum atomic E-state index is 11.3. The van der Waals surface area contributed by atoms with Crippen LogP contribution in [0.4, 0.5) is 5.69 Å². The molecule has 0 amide bonds. The van der Waals surface area contributed by atoms with Gasteiger partial charge in [0.05, 0.1) is 18.9 Å². The number of aromatic nitrogens is 2. The van der Waals surface area contributed by atoms with Crippen molar-refractivity contribution >= 4 is 11.7 Å². The molecule has 2 aromatic rings. The second kappa shape index (κ2) is 6.04. The van der Waals surface area contributed by atoms with Crippen LogP contribution in [0, 0.1) is 0 Å². The van der Waals surface area contributed by atoms with E-state index in [9.17, 15) is 4.79 Å². The van der Waals surface area contributed by atoms with Gasteiger partial charge in [-0.15, -0.1) is 0 Å². The number of hydrogen-bond donors (Lipinski definition) is 1. The molecule has 19 heavy (non-hydrogen) atoms. The largest absolute Gasteiger partial charge is 0.465 e. The number of carbonyl (C=O) groups excluding carboxylic acids is 1. The van der Waals surface area contributed by atoms with Crippen LogP contribution in [0.1, 0.15) is 22.8 Å². The predicted molar refractivity (Wildman–Crippen MR) is 73.0 cm³/mol. The van der Waals surface area contributed by atoms with Crippen LogP contribution in [0.15, 0.2) is 36.7 Å². The highest BCUT2D eigenvalue weighted by Gasteiger charge is 2.04. The van der Waals surface area contributed by atoms with Gasteiger partial charge in [0.25, 0.3) is 0 Å². The van der Waals surface area contributed by atoms with E-state index in [4.69, 9.17) is 0 Å². The number of anilines is 1. The van der Waals surface area contributed by atoms with Crippen molar-refractivity contribution in [2.75, 3.05) is 12.4 Å². The summed E-state index contributed by atoms with van der Waals surface area (Å²) < 4.78 is 6.54. The molecule has 100 valence electrons. The van der Waals surface area contributed by atoms with Crippen molar-refractivity contribution in [2.45, 2.75) is 20.0 Å². The third-order valence-electron chi connectivity index (χ3n) is 2.81. The van der Waals surface area contributed by atoms with E-state index in [0.717, 1.165) is 17.8 Å². The Bertz CT molecular complexity index is 546. The lowest BCUT2D eigenvalue weighted by atomic mass is 10.2. The van der Waals surface area contributed by atoms with Gasteiger partial charge in [-0.25, -0.2) is 4.79 Å². The lowest BCUT2D eigenvalue weighted by molar-refractivity contribution is 0.0601. The minimum absolute atomic E-state index is 0.323. The second-order valence-corrected chi connectivity index (χ2v) is 4.13. The maximum Gasteiger partial charge on any atom is 0.337 e. The lowest BCUT2D eigenvalue weighted by Gasteiger charge is -2.05. The molecular weight excluding hydrogens is 242 g/mol. The summed E-state index contributed by atoms with van der Waals surface area (Å²) in [6.07, 6.45) is 3.86. The third-order valence-corrected chi connectivity index (χ3v) is 2.81. The molecule has 0 saturated carbocycles. The monoisotopic (exact) mass is 259 g/mol. The van der Waals surface area contributed by atoms with Gasteiger partial charge in [0.1, 0.15) is 0 Å². The summed E-state index contributed by atoms with van der Waals surface area (Å²) in [6.45, 7) is 3.63. The molecule has 0 radical (unpaired) electrons. The lowest BCUT2D eigenvalue weighted by Crippen LogP contribution is -2.02. The molecule has 0 aliphatic heterocycles. The molecule has 0 fully saturated rings. The van der Waals surface area contributed by atoms with Gasteiger partial charge in [0.2, 0.25) is 0 Å². The van der Waals surface area contributed by atoms with Crippen LogP contribution in [0.25, 0.3) is 0 Å². The highest BCUT2D eigenvalue weighted by atomic mass is 16.5. The Morgan fingerprint density at radius 3 is 2.68 bits per heavy atom. The van der Waals surface area contributed by atoms with Crippen molar-refractivity contribution in [1.29, 1.82) is 0 Å². The van der Waals surface area contributed by atoms with Crippen molar-refractivity contribution in [3.05, 3.63) is 47.8 Å². The first-order valence-corrected chi connectivity index (χ1v) is 6.16. The van der Waals surface area contributed by atoms with Crippen molar-refractivity contribution < 1.29 is 9.53 Å².